The summed E-state index contributed by atoms with van der Waals surface area (Å²) in [6.07, 6.45) is 1.01. The molecule has 0 amide bonds. The number of hydrogen-bond acceptors (Lipinski definition) is 1. The molecule has 0 bridgehead atoms. The van der Waals surface area contributed by atoms with E-state index in [2.05, 4.69) is 217 Å². The zero-order valence-corrected chi connectivity index (χ0v) is 30.9. The molecule has 0 aliphatic heterocycles. The molecular weight excluding hydrogens is 675 g/mol. The average molecular weight is 712 g/mol. The van der Waals surface area contributed by atoms with E-state index < -0.39 is 0 Å². The molecule has 1 nitrogen and oxygen atoms in total. The van der Waals surface area contributed by atoms with Gasteiger partial charge in [0.1, 0.15) is 0 Å². The maximum absolute atomic E-state index is 2.38. The van der Waals surface area contributed by atoms with Crippen LogP contribution in [0.1, 0.15) is 11.1 Å². The number of rotatable bonds is 6. The summed E-state index contributed by atoms with van der Waals surface area (Å²) >= 11 is 0. The Hall–Kier alpha value is -7.22. The van der Waals surface area contributed by atoms with E-state index in [4.69, 9.17) is 0 Å². The molecule has 11 rings (SSSR count). The molecule has 0 N–H and O–H groups in total. The molecule has 1 heteroatoms. The van der Waals surface area contributed by atoms with Crippen LogP contribution in [0.2, 0.25) is 0 Å². The van der Waals surface area contributed by atoms with Crippen molar-refractivity contribution in [2.75, 3.05) is 4.90 Å². The van der Waals surface area contributed by atoms with Gasteiger partial charge in [0.25, 0.3) is 0 Å². The summed E-state index contributed by atoms with van der Waals surface area (Å²) in [4.78, 5) is 2.38. The minimum absolute atomic E-state index is 1.01. The van der Waals surface area contributed by atoms with Crippen LogP contribution in [0.15, 0.2) is 212 Å². The molecule has 10 aromatic rings. The van der Waals surface area contributed by atoms with Gasteiger partial charge < -0.3 is 4.90 Å². The van der Waals surface area contributed by atoms with E-state index in [9.17, 15) is 0 Å². The minimum atomic E-state index is 1.01. The third kappa shape index (κ3) is 5.56. The van der Waals surface area contributed by atoms with Crippen LogP contribution in [0.5, 0.6) is 0 Å². The monoisotopic (exact) mass is 711 g/mol. The third-order valence-corrected chi connectivity index (χ3v) is 11.6. The van der Waals surface area contributed by atoms with Gasteiger partial charge in [-0.05, 0) is 149 Å². The maximum Gasteiger partial charge on any atom is 0.0467 e. The lowest BCUT2D eigenvalue weighted by atomic mass is 9.93. The van der Waals surface area contributed by atoms with Crippen molar-refractivity contribution in [1.29, 1.82) is 0 Å². The topological polar surface area (TPSA) is 3.24 Å². The van der Waals surface area contributed by atoms with Gasteiger partial charge >= 0.3 is 0 Å². The molecule has 0 heterocycles. The summed E-state index contributed by atoms with van der Waals surface area (Å²) < 4.78 is 0. The Balaban J connectivity index is 1.01. The van der Waals surface area contributed by atoms with Gasteiger partial charge in [-0.3, -0.25) is 0 Å². The van der Waals surface area contributed by atoms with Crippen molar-refractivity contribution in [3.05, 3.63) is 223 Å². The highest BCUT2D eigenvalue weighted by atomic mass is 15.1. The van der Waals surface area contributed by atoms with Crippen molar-refractivity contribution in [2.24, 2.45) is 0 Å². The number of hydrogen-bond donors (Lipinski definition) is 0. The van der Waals surface area contributed by atoms with Crippen LogP contribution in [0, 0.1) is 0 Å². The first-order chi connectivity index (χ1) is 27.7. The Morgan fingerprint density at radius 3 is 1.68 bits per heavy atom. The van der Waals surface area contributed by atoms with Crippen molar-refractivity contribution in [1.82, 2.24) is 0 Å². The highest BCUT2D eigenvalue weighted by molar-refractivity contribution is 6.13. The van der Waals surface area contributed by atoms with Crippen LogP contribution < -0.4 is 4.90 Å². The van der Waals surface area contributed by atoms with Gasteiger partial charge in [-0.2, -0.15) is 0 Å². The van der Waals surface area contributed by atoms with Gasteiger partial charge in [-0.1, -0.05) is 158 Å². The smallest absolute Gasteiger partial charge is 0.0467 e. The fourth-order valence-corrected chi connectivity index (χ4v) is 8.83. The molecule has 0 atom stereocenters. The van der Waals surface area contributed by atoms with Crippen LogP contribution in [0.25, 0.3) is 76.8 Å². The predicted octanol–water partition coefficient (Wildman–Crippen LogP) is 15.2. The Morgan fingerprint density at radius 2 is 0.857 bits per heavy atom. The van der Waals surface area contributed by atoms with Crippen LogP contribution >= 0.6 is 0 Å². The highest BCUT2D eigenvalue weighted by Gasteiger charge is 2.19. The zero-order valence-electron chi connectivity index (χ0n) is 30.9. The first kappa shape index (κ1) is 32.2. The van der Waals surface area contributed by atoms with Crippen molar-refractivity contribution < 1.29 is 0 Å². The zero-order chi connectivity index (χ0) is 37.0. The minimum Gasteiger partial charge on any atom is -0.310 e. The molecule has 0 radical (unpaired) electrons. The summed E-state index contributed by atoms with van der Waals surface area (Å²) in [5.41, 5.74) is 16.2. The number of fused-ring (bicyclic) bond motifs is 7. The van der Waals surface area contributed by atoms with Crippen LogP contribution in [0.3, 0.4) is 0 Å². The van der Waals surface area contributed by atoms with Gasteiger partial charge in [0.05, 0.1) is 0 Å². The molecule has 0 saturated carbocycles. The molecule has 262 valence electrons. The Bertz CT molecular complexity index is 3100. The Labute approximate surface area is 327 Å². The molecule has 56 heavy (non-hydrogen) atoms. The lowest BCUT2D eigenvalue weighted by Crippen LogP contribution is -2.10. The van der Waals surface area contributed by atoms with Crippen molar-refractivity contribution in [2.45, 2.75) is 6.42 Å². The SMILES string of the molecule is c1cc(-c2ccc3ccccc3c2)cc(N(c2ccc(-c3ccc4c(c3)-c3ccccc3C4)cc2)c2ccc(-c3cc4ccccc4c4ccccc34)cc2)c1. The molecule has 0 saturated heterocycles. The first-order valence-corrected chi connectivity index (χ1v) is 19.5. The van der Waals surface area contributed by atoms with E-state index in [0.29, 0.717) is 0 Å². The van der Waals surface area contributed by atoms with Gasteiger partial charge in [0.15, 0.2) is 0 Å². The molecular formula is C55H37N. The fraction of sp³-hybridized carbons (Fsp3) is 0.0182. The van der Waals surface area contributed by atoms with Crippen LogP contribution in [0.4, 0.5) is 17.1 Å². The molecule has 1 aliphatic rings. The number of benzene rings is 10. The van der Waals surface area contributed by atoms with E-state index in [1.807, 2.05) is 0 Å². The van der Waals surface area contributed by atoms with Gasteiger partial charge in [-0.25, -0.2) is 0 Å². The fourth-order valence-electron chi connectivity index (χ4n) is 8.83. The summed E-state index contributed by atoms with van der Waals surface area (Å²) in [7, 11) is 0. The lowest BCUT2D eigenvalue weighted by Gasteiger charge is -2.26. The standard InChI is InChI=1S/C55H37N/c1-2-11-40-32-42(21-20-37(40)10-1)41-14-9-15-49(34-41)56(47-28-24-38(25-29-47)43-22-23-46-33-44-12-3-6-17-51(44)55(46)35-43)48-30-26-39(27-31-48)54-36-45-13-4-5-16-50(45)52-18-7-8-19-53(52)54/h1-32,34-36H,33H2. The molecule has 0 unspecified atom stereocenters. The van der Waals surface area contributed by atoms with Crippen LogP contribution in [-0.2, 0) is 6.42 Å². The normalized spacial score (nSPS) is 11.9. The molecule has 0 spiro atoms. The molecule has 10 aromatic carbocycles. The Kier molecular flexibility index (Phi) is 7.64. The number of nitrogens with zero attached hydrogens (tertiary/aromatic N) is 1. The quantitative estimate of drug-likeness (QED) is 0.155. The summed E-state index contributed by atoms with van der Waals surface area (Å²) in [6.45, 7) is 0. The maximum atomic E-state index is 2.38. The van der Waals surface area contributed by atoms with E-state index >= 15 is 0 Å². The third-order valence-electron chi connectivity index (χ3n) is 11.6. The molecule has 1 aliphatic carbocycles. The Morgan fingerprint density at radius 1 is 0.268 bits per heavy atom. The predicted molar refractivity (Wildman–Crippen MR) is 238 cm³/mol. The van der Waals surface area contributed by atoms with E-state index in [0.717, 1.165) is 23.5 Å². The van der Waals surface area contributed by atoms with Crippen molar-refractivity contribution >= 4 is 49.4 Å². The van der Waals surface area contributed by atoms with Crippen molar-refractivity contribution in [3.8, 4) is 44.5 Å². The molecule has 0 fully saturated rings. The average Bonchev–Trinajstić information content (AvgIpc) is 3.65. The summed E-state index contributed by atoms with van der Waals surface area (Å²) in [6, 6.07) is 78.0. The van der Waals surface area contributed by atoms with Gasteiger partial charge in [0, 0.05) is 17.1 Å². The molecule has 0 aromatic heterocycles. The first-order valence-electron chi connectivity index (χ1n) is 19.5. The van der Waals surface area contributed by atoms with Crippen LogP contribution in [-0.4, -0.2) is 0 Å². The van der Waals surface area contributed by atoms with E-state index in [-0.39, 0.29) is 0 Å². The second-order valence-electron chi connectivity index (χ2n) is 14.9. The summed E-state index contributed by atoms with van der Waals surface area (Å²) in [5, 5.41) is 7.59. The van der Waals surface area contributed by atoms with E-state index in [1.54, 1.807) is 0 Å². The van der Waals surface area contributed by atoms with E-state index in [1.165, 1.54) is 88.0 Å². The van der Waals surface area contributed by atoms with Gasteiger partial charge in [0.2, 0.25) is 0 Å². The summed E-state index contributed by atoms with van der Waals surface area (Å²) in [5.74, 6) is 0. The second kappa shape index (κ2) is 13.3. The highest BCUT2D eigenvalue weighted by Crippen LogP contribution is 2.42. The van der Waals surface area contributed by atoms with Gasteiger partial charge in [-0.15, -0.1) is 0 Å². The second-order valence-corrected chi connectivity index (χ2v) is 14.9. The lowest BCUT2D eigenvalue weighted by molar-refractivity contribution is 1.26. The largest absolute Gasteiger partial charge is 0.310 e. The number of anilines is 3. The van der Waals surface area contributed by atoms with Crippen molar-refractivity contribution in [3.63, 3.8) is 0 Å².